The van der Waals surface area contributed by atoms with Gasteiger partial charge in [-0.15, -0.1) is 0 Å². The normalized spacial score (nSPS) is 16.8. The largest absolute Gasteiger partial charge is 0.355 e. The predicted molar refractivity (Wildman–Crippen MR) is 111 cm³/mol. The number of likely N-dealkylation sites (N-methyl/N-ethyl adjacent to an activating group) is 1. The van der Waals surface area contributed by atoms with E-state index >= 15 is 0 Å². The molecular weight excluding hydrogens is 404 g/mol. The van der Waals surface area contributed by atoms with E-state index in [0.717, 1.165) is 55.6 Å². The minimum atomic E-state index is -0.938. The fraction of sp³-hybridized carbons (Fsp3) is 0.500. The number of hydrogen-bond acceptors (Lipinski definition) is 4. The molecule has 7 nitrogen and oxygen atoms in total. The number of amides is 2. The Morgan fingerprint density at radius 1 is 1.06 bits per heavy atom. The van der Waals surface area contributed by atoms with Gasteiger partial charge in [-0.05, 0) is 44.7 Å². The molecule has 1 aliphatic heterocycles. The highest BCUT2D eigenvalue weighted by Gasteiger charge is 2.30. The molecule has 4 rings (SSSR count). The SMILES string of the molecule is CCNC(=O)CN1CCCN(C(=O)c2nn(-c3ccc(F)c(F)c3)c3c2CCC3)CC1. The van der Waals surface area contributed by atoms with Gasteiger partial charge in [-0.25, -0.2) is 13.5 Å². The molecule has 1 aromatic heterocycles. The molecule has 1 fully saturated rings. The van der Waals surface area contributed by atoms with Crippen LogP contribution >= 0.6 is 0 Å². The molecule has 2 aromatic rings. The van der Waals surface area contributed by atoms with Gasteiger partial charge < -0.3 is 10.2 Å². The topological polar surface area (TPSA) is 70.5 Å². The number of rotatable bonds is 5. The van der Waals surface area contributed by atoms with Crippen LogP contribution in [-0.2, 0) is 17.6 Å². The smallest absolute Gasteiger partial charge is 0.274 e. The standard InChI is InChI=1S/C22H27F2N5O2/c1-2-25-20(30)14-27-9-4-10-28(12-11-27)22(31)21-16-5-3-6-19(16)29(26-21)15-7-8-17(23)18(24)13-15/h7-8,13H,2-6,9-12,14H2,1H3,(H,25,30). The lowest BCUT2D eigenvalue weighted by Crippen LogP contribution is -2.40. The van der Waals surface area contributed by atoms with Crippen molar-refractivity contribution < 1.29 is 18.4 Å². The Morgan fingerprint density at radius 3 is 2.68 bits per heavy atom. The highest BCUT2D eigenvalue weighted by Crippen LogP contribution is 2.29. The first-order chi connectivity index (χ1) is 15.0. The summed E-state index contributed by atoms with van der Waals surface area (Å²) in [5.41, 5.74) is 2.61. The quantitative estimate of drug-likeness (QED) is 0.786. The zero-order valence-electron chi connectivity index (χ0n) is 17.7. The Balaban J connectivity index is 1.53. The van der Waals surface area contributed by atoms with Crippen LogP contribution in [0.25, 0.3) is 5.69 Å². The van der Waals surface area contributed by atoms with Crippen molar-refractivity contribution in [1.82, 2.24) is 24.9 Å². The summed E-state index contributed by atoms with van der Waals surface area (Å²) < 4.78 is 28.7. The first-order valence-corrected chi connectivity index (χ1v) is 10.8. The molecule has 0 unspecified atom stereocenters. The van der Waals surface area contributed by atoms with E-state index in [1.54, 1.807) is 9.58 Å². The third-order valence-electron chi connectivity index (χ3n) is 5.90. The molecule has 0 bridgehead atoms. The number of fused-ring (bicyclic) bond motifs is 1. The van der Waals surface area contributed by atoms with Crippen molar-refractivity contribution in [2.24, 2.45) is 0 Å². The van der Waals surface area contributed by atoms with Gasteiger partial charge in [0.15, 0.2) is 17.3 Å². The van der Waals surface area contributed by atoms with Gasteiger partial charge in [0.2, 0.25) is 5.91 Å². The van der Waals surface area contributed by atoms with Crippen LogP contribution in [0.3, 0.4) is 0 Å². The highest BCUT2D eigenvalue weighted by molar-refractivity contribution is 5.94. The van der Waals surface area contributed by atoms with Gasteiger partial charge in [0.1, 0.15) is 0 Å². The Bertz CT molecular complexity index is 991. The maximum atomic E-state index is 13.8. The van der Waals surface area contributed by atoms with Crippen LogP contribution in [0.5, 0.6) is 0 Å². The van der Waals surface area contributed by atoms with Crippen LogP contribution < -0.4 is 5.32 Å². The number of carbonyl (C=O) groups is 2. The van der Waals surface area contributed by atoms with E-state index in [4.69, 9.17) is 0 Å². The molecule has 1 N–H and O–H groups in total. The lowest BCUT2D eigenvalue weighted by molar-refractivity contribution is -0.122. The average Bonchev–Trinajstić information content (AvgIpc) is 3.27. The number of aromatic nitrogens is 2. The molecule has 0 saturated carbocycles. The Morgan fingerprint density at radius 2 is 1.90 bits per heavy atom. The third kappa shape index (κ3) is 4.46. The van der Waals surface area contributed by atoms with Crippen LogP contribution in [0.1, 0.15) is 41.5 Å². The van der Waals surface area contributed by atoms with E-state index in [1.807, 2.05) is 6.92 Å². The molecular formula is C22H27F2N5O2. The van der Waals surface area contributed by atoms with E-state index in [1.165, 1.54) is 6.07 Å². The van der Waals surface area contributed by atoms with Crippen LogP contribution in [0.2, 0.25) is 0 Å². The van der Waals surface area contributed by atoms with Crippen molar-refractivity contribution in [2.75, 3.05) is 39.3 Å². The molecule has 0 atom stereocenters. The first kappa shape index (κ1) is 21.4. The molecule has 2 aliphatic rings. The number of nitrogens with zero attached hydrogens (tertiary/aromatic N) is 4. The molecule has 0 spiro atoms. The molecule has 1 aliphatic carbocycles. The molecule has 1 saturated heterocycles. The number of halogens is 2. The van der Waals surface area contributed by atoms with E-state index in [0.29, 0.717) is 44.1 Å². The molecule has 2 heterocycles. The number of hydrogen-bond donors (Lipinski definition) is 1. The second-order valence-electron chi connectivity index (χ2n) is 8.01. The lowest BCUT2D eigenvalue weighted by Gasteiger charge is -2.21. The van der Waals surface area contributed by atoms with Gasteiger partial charge in [0.25, 0.3) is 5.91 Å². The third-order valence-corrected chi connectivity index (χ3v) is 5.90. The van der Waals surface area contributed by atoms with Crippen molar-refractivity contribution in [3.8, 4) is 5.69 Å². The van der Waals surface area contributed by atoms with Gasteiger partial charge in [0, 0.05) is 50.0 Å². The summed E-state index contributed by atoms with van der Waals surface area (Å²) >= 11 is 0. The summed E-state index contributed by atoms with van der Waals surface area (Å²) in [7, 11) is 0. The zero-order valence-corrected chi connectivity index (χ0v) is 17.7. The summed E-state index contributed by atoms with van der Waals surface area (Å²) in [5.74, 6) is -2.00. The molecule has 1 aromatic carbocycles. The summed E-state index contributed by atoms with van der Waals surface area (Å²) in [6.45, 7) is 5.30. The molecule has 166 valence electrons. The van der Waals surface area contributed by atoms with Gasteiger partial charge in [-0.2, -0.15) is 5.10 Å². The summed E-state index contributed by atoms with van der Waals surface area (Å²) in [6.07, 6.45) is 3.17. The van der Waals surface area contributed by atoms with Crippen molar-refractivity contribution in [3.63, 3.8) is 0 Å². The van der Waals surface area contributed by atoms with Gasteiger partial charge in [-0.1, -0.05) is 0 Å². The first-order valence-electron chi connectivity index (χ1n) is 10.8. The van der Waals surface area contributed by atoms with Crippen molar-refractivity contribution >= 4 is 11.8 Å². The van der Waals surface area contributed by atoms with Crippen molar-refractivity contribution in [3.05, 3.63) is 46.8 Å². The fourth-order valence-corrected chi connectivity index (χ4v) is 4.38. The molecule has 9 heteroatoms. The molecule has 2 amide bonds. The highest BCUT2D eigenvalue weighted by atomic mass is 19.2. The molecule has 31 heavy (non-hydrogen) atoms. The summed E-state index contributed by atoms with van der Waals surface area (Å²) in [5, 5.41) is 7.33. The molecule has 0 radical (unpaired) electrons. The van der Waals surface area contributed by atoms with E-state index < -0.39 is 11.6 Å². The van der Waals surface area contributed by atoms with Gasteiger partial charge in [0.05, 0.1) is 12.2 Å². The second kappa shape index (κ2) is 9.13. The Hall–Kier alpha value is -2.81. The predicted octanol–water partition coefficient (Wildman–Crippen LogP) is 1.92. The summed E-state index contributed by atoms with van der Waals surface area (Å²) in [4.78, 5) is 29.0. The van der Waals surface area contributed by atoms with Crippen molar-refractivity contribution in [1.29, 1.82) is 0 Å². The summed E-state index contributed by atoms with van der Waals surface area (Å²) in [6, 6.07) is 3.66. The van der Waals surface area contributed by atoms with Crippen LogP contribution in [0.15, 0.2) is 18.2 Å². The van der Waals surface area contributed by atoms with E-state index in [-0.39, 0.29) is 11.8 Å². The van der Waals surface area contributed by atoms with Crippen LogP contribution in [0, 0.1) is 11.6 Å². The van der Waals surface area contributed by atoms with Crippen LogP contribution in [0.4, 0.5) is 8.78 Å². The van der Waals surface area contributed by atoms with Gasteiger partial charge >= 0.3 is 0 Å². The minimum absolute atomic E-state index is 0.00892. The zero-order chi connectivity index (χ0) is 22.0. The number of benzene rings is 1. The number of carbonyl (C=O) groups excluding carboxylic acids is 2. The Kier molecular flexibility index (Phi) is 6.31. The lowest BCUT2D eigenvalue weighted by atomic mass is 10.2. The van der Waals surface area contributed by atoms with Crippen molar-refractivity contribution in [2.45, 2.75) is 32.6 Å². The second-order valence-corrected chi connectivity index (χ2v) is 8.01. The maximum Gasteiger partial charge on any atom is 0.274 e. The monoisotopic (exact) mass is 431 g/mol. The van der Waals surface area contributed by atoms with E-state index in [9.17, 15) is 18.4 Å². The minimum Gasteiger partial charge on any atom is -0.355 e. The van der Waals surface area contributed by atoms with Gasteiger partial charge in [-0.3, -0.25) is 14.5 Å². The Labute approximate surface area is 180 Å². The maximum absolute atomic E-state index is 13.8. The average molecular weight is 431 g/mol. The fourth-order valence-electron chi connectivity index (χ4n) is 4.38. The van der Waals surface area contributed by atoms with E-state index in [2.05, 4.69) is 15.3 Å². The number of nitrogens with one attached hydrogen (secondary N) is 1. The van der Waals surface area contributed by atoms with Crippen LogP contribution in [-0.4, -0.2) is 70.7 Å².